The first-order valence-electron chi connectivity index (χ1n) is 6.81. The van der Waals surface area contributed by atoms with E-state index in [2.05, 4.69) is 9.88 Å². The molecule has 1 atom stereocenters. The second-order valence-corrected chi connectivity index (χ2v) is 5.93. The molecular weight excluding hydrogens is 256 g/mol. The first-order chi connectivity index (χ1) is 9.35. The van der Waals surface area contributed by atoms with Gasteiger partial charge in [-0.1, -0.05) is 0 Å². The summed E-state index contributed by atoms with van der Waals surface area (Å²) in [5.74, 6) is 1.00. The molecule has 1 aliphatic heterocycles. The molecule has 2 rings (SSSR count). The molecule has 20 heavy (non-hydrogen) atoms. The van der Waals surface area contributed by atoms with Gasteiger partial charge in [0.15, 0.2) is 0 Å². The van der Waals surface area contributed by atoms with Crippen molar-refractivity contribution in [3.05, 3.63) is 18.3 Å². The van der Waals surface area contributed by atoms with Crippen molar-refractivity contribution in [2.45, 2.75) is 32.3 Å². The summed E-state index contributed by atoms with van der Waals surface area (Å²) in [5.41, 5.74) is 11.2. The lowest BCUT2D eigenvalue weighted by Crippen LogP contribution is -2.34. The highest BCUT2D eigenvalue weighted by Gasteiger charge is 2.31. The zero-order valence-electron chi connectivity index (χ0n) is 12.0. The van der Waals surface area contributed by atoms with Gasteiger partial charge in [0.2, 0.25) is 0 Å². The molecule has 0 radical (unpaired) electrons. The molecule has 0 aliphatic carbocycles. The fourth-order valence-electron chi connectivity index (χ4n) is 2.83. The largest absolute Gasteiger partial charge is 0.444 e. The lowest BCUT2D eigenvalue weighted by Gasteiger charge is -2.27. The summed E-state index contributed by atoms with van der Waals surface area (Å²) in [6.07, 6.45) is 2.95. The molecule has 1 aromatic rings. The van der Waals surface area contributed by atoms with Crippen molar-refractivity contribution in [3.63, 3.8) is 0 Å². The quantitative estimate of drug-likeness (QED) is 0.875. The summed E-state index contributed by atoms with van der Waals surface area (Å²) in [7, 11) is 0. The van der Waals surface area contributed by atoms with E-state index in [4.69, 9.17) is 16.2 Å². The Hall–Kier alpha value is -1.98. The fraction of sp³-hybridized carbons (Fsp3) is 0.571. The van der Waals surface area contributed by atoms with Crippen molar-refractivity contribution in [1.82, 2.24) is 4.98 Å². The van der Waals surface area contributed by atoms with Gasteiger partial charge in [0.1, 0.15) is 11.4 Å². The summed E-state index contributed by atoms with van der Waals surface area (Å²) in [6.45, 7) is 5.69. The first kappa shape index (κ1) is 14.4. The lowest BCUT2D eigenvalue weighted by molar-refractivity contribution is 0.0286. The number of nitrogens with two attached hydrogens (primary N) is 2. The Labute approximate surface area is 119 Å². The number of rotatable bonds is 4. The van der Waals surface area contributed by atoms with Gasteiger partial charge in [0, 0.05) is 13.1 Å². The molecule has 1 unspecified atom stereocenters. The molecule has 2 heterocycles. The number of nitrogen functional groups attached to an aromatic ring is 1. The number of primary amides is 1. The third-order valence-corrected chi connectivity index (χ3v) is 3.58. The summed E-state index contributed by atoms with van der Waals surface area (Å²) in [6, 6.07) is 3.79. The molecule has 1 amide bonds. The second-order valence-electron chi connectivity index (χ2n) is 5.93. The molecule has 0 aromatic carbocycles. The van der Waals surface area contributed by atoms with E-state index in [1.807, 2.05) is 26.0 Å². The molecule has 110 valence electrons. The lowest BCUT2D eigenvalue weighted by atomic mass is 9.93. The minimum atomic E-state index is -0.715. The number of hydrogen-bond donors (Lipinski definition) is 2. The van der Waals surface area contributed by atoms with E-state index in [0.717, 1.165) is 31.6 Å². The number of anilines is 2. The van der Waals surface area contributed by atoms with Gasteiger partial charge in [0.25, 0.3) is 0 Å². The van der Waals surface area contributed by atoms with Gasteiger partial charge in [-0.2, -0.15) is 0 Å². The van der Waals surface area contributed by atoms with Crippen LogP contribution in [0.2, 0.25) is 0 Å². The SMILES string of the molecule is CC(C)(CC1CCN(c2ccc(N)nc2)C1)OC(N)=O. The Bertz CT molecular complexity index is 473. The predicted molar refractivity (Wildman–Crippen MR) is 78.3 cm³/mol. The van der Waals surface area contributed by atoms with Crippen LogP contribution >= 0.6 is 0 Å². The Kier molecular flexibility index (Phi) is 4.01. The van der Waals surface area contributed by atoms with Crippen LogP contribution in [0, 0.1) is 5.92 Å². The summed E-state index contributed by atoms with van der Waals surface area (Å²) >= 11 is 0. The highest BCUT2D eigenvalue weighted by molar-refractivity contribution is 5.65. The summed E-state index contributed by atoms with van der Waals surface area (Å²) in [4.78, 5) is 17.3. The average molecular weight is 278 g/mol. The maximum atomic E-state index is 10.9. The van der Waals surface area contributed by atoms with Gasteiger partial charge in [-0.25, -0.2) is 9.78 Å². The van der Waals surface area contributed by atoms with Gasteiger partial charge in [0.05, 0.1) is 11.9 Å². The van der Waals surface area contributed by atoms with Crippen molar-refractivity contribution < 1.29 is 9.53 Å². The van der Waals surface area contributed by atoms with Crippen LogP contribution in [0.5, 0.6) is 0 Å². The molecule has 1 aromatic heterocycles. The molecule has 6 nitrogen and oxygen atoms in total. The monoisotopic (exact) mass is 278 g/mol. The average Bonchev–Trinajstić information content (AvgIpc) is 2.75. The standard InChI is InChI=1S/C14H22N4O2/c1-14(2,20-13(16)19)7-10-5-6-18(9-10)11-3-4-12(15)17-8-11/h3-4,8,10H,5-7,9H2,1-2H3,(H2,15,17)(H2,16,19). The number of aromatic nitrogens is 1. The van der Waals surface area contributed by atoms with E-state index in [1.54, 1.807) is 6.20 Å². The van der Waals surface area contributed by atoms with Crippen LogP contribution in [0.1, 0.15) is 26.7 Å². The number of carbonyl (C=O) groups excluding carboxylic acids is 1. The maximum Gasteiger partial charge on any atom is 0.405 e. The van der Waals surface area contributed by atoms with Crippen LogP contribution in [0.4, 0.5) is 16.3 Å². The van der Waals surface area contributed by atoms with E-state index in [9.17, 15) is 4.79 Å². The highest BCUT2D eigenvalue weighted by Crippen LogP contribution is 2.30. The molecule has 1 fully saturated rings. The second kappa shape index (κ2) is 5.56. The van der Waals surface area contributed by atoms with E-state index in [1.165, 1.54) is 0 Å². The molecule has 1 aliphatic rings. The Morgan fingerprint density at radius 1 is 1.55 bits per heavy atom. The van der Waals surface area contributed by atoms with Crippen LogP contribution < -0.4 is 16.4 Å². The van der Waals surface area contributed by atoms with Crippen molar-refractivity contribution in [2.75, 3.05) is 23.7 Å². The number of carbonyl (C=O) groups is 1. The van der Waals surface area contributed by atoms with Crippen LogP contribution in [0.25, 0.3) is 0 Å². The first-order valence-corrected chi connectivity index (χ1v) is 6.81. The van der Waals surface area contributed by atoms with Crippen molar-refractivity contribution in [1.29, 1.82) is 0 Å². The third-order valence-electron chi connectivity index (χ3n) is 3.58. The van der Waals surface area contributed by atoms with Crippen LogP contribution in [-0.2, 0) is 4.74 Å². The fourth-order valence-corrected chi connectivity index (χ4v) is 2.83. The smallest absolute Gasteiger partial charge is 0.405 e. The topological polar surface area (TPSA) is 94.5 Å². The molecule has 0 bridgehead atoms. The zero-order chi connectivity index (χ0) is 14.8. The summed E-state index contributed by atoms with van der Waals surface area (Å²) in [5, 5.41) is 0. The van der Waals surface area contributed by atoms with E-state index in [-0.39, 0.29) is 0 Å². The van der Waals surface area contributed by atoms with Crippen LogP contribution in [-0.4, -0.2) is 29.8 Å². The van der Waals surface area contributed by atoms with Gasteiger partial charge in [-0.3, -0.25) is 0 Å². The Morgan fingerprint density at radius 2 is 2.30 bits per heavy atom. The third kappa shape index (κ3) is 3.76. The number of amides is 1. The van der Waals surface area contributed by atoms with Gasteiger partial charge >= 0.3 is 6.09 Å². The molecular formula is C14H22N4O2. The molecule has 6 heteroatoms. The molecule has 0 saturated carbocycles. The zero-order valence-corrected chi connectivity index (χ0v) is 12.0. The van der Waals surface area contributed by atoms with E-state index >= 15 is 0 Å². The van der Waals surface area contributed by atoms with Gasteiger partial charge in [-0.15, -0.1) is 0 Å². The maximum absolute atomic E-state index is 10.9. The van der Waals surface area contributed by atoms with Gasteiger partial charge in [-0.05, 0) is 44.7 Å². The molecule has 4 N–H and O–H groups in total. The highest BCUT2D eigenvalue weighted by atomic mass is 16.6. The number of pyridine rings is 1. The predicted octanol–water partition coefficient (Wildman–Crippen LogP) is 1.75. The van der Waals surface area contributed by atoms with Crippen molar-refractivity contribution >= 4 is 17.6 Å². The summed E-state index contributed by atoms with van der Waals surface area (Å²) < 4.78 is 5.15. The van der Waals surface area contributed by atoms with Crippen molar-refractivity contribution in [2.24, 2.45) is 11.7 Å². The number of nitrogens with zero attached hydrogens (tertiary/aromatic N) is 2. The Balaban J connectivity index is 1.92. The van der Waals surface area contributed by atoms with E-state index in [0.29, 0.717) is 11.7 Å². The van der Waals surface area contributed by atoms with E-state index < -0.39 is 11.7 Å². The number of hydrogen-bond acceptors (Lipinski definition) is 5. The minimum Gasteiger partial charge on any atom is -0.444 e. The molecule has 0 spiro atoms. The Morgan fingerprint density at radius 3 is 2.90 bits per heavy atom. The normalized spacial score (nSPS) is 19.1. The minimum absolute atomic E-state index is 0.474. The van der Waals surface area contributed by atoms with Crippen LogP contribution in [0.3, 0.4) is 0 Å². The molecule has 1 saturated heterocycles. The number of ether oxygens (including phenoxy) is 1. The van der Waals surface area contributed by atoms with Crippen LogP contribution in [0.15, 0.2) is 18.3 Å². The van der Waals surface area contributed by atoms with Gasteiger partial charge < -0.3 is 21.1 Å². The van der Waals surface area contributed by atoms with Crippen molar-refractivity contribution in [3.8, 4) is 0 Å².